The molecule has 1 aliphatic heterocycles. The zero-order valence-electron chi connectivity index (χ0n) is 11.1. The third kappa shape index (κ3) is 3.80. The SMILES string of the molecule is CCC1CCCC(C(=O)CCC2CCCO2)C1. The lowest BCUT2D eigenvalue weighted by atomic mass is 9.77. The molecule has 0 N–H and O–H groups in total. The highest BCUT2D eigenvalue weighted by Crippen LogP contribution is 2.32. The van der Waals surface area contributed by atoms with E-state index < -0.39 is 0 Å². The molecule has 0 aromatic carbocycles. The van der Waals surface area contributed by atoms with Crippen LogP contribution in [0.3, 0.4) is 0 Å². The lowest BCUT2D eigenvalue weighted by Crippen LogP contribution is -2.23. The van der Waals surface area contributed by atoms with Gasteiger partial charge in [0.1, 0.15) is 5.78 Å². The van der Waals surface area contributed by atoms with Crippen LogP contribution in [0.1, 0.15) is 64.7 Å². The van der Waals surface area contributed by atoms with Crippen molar-refractivity contribution >= 4 is 5.78 Å². The van der Waals surface area contributed by atoms with Gasteiger partial charge >= 0.3 is 0 Å². The maximum Gasteiger partial charge on any atom is 0.136 e. The highest BCUT2D eigenvalue weighted by Gasteiger charge is 2.27. The summed E-state index contributed by atoms with van der Waals surface area (Å²) in [5.41, 5.74) is 0. The van der Waals surface area contributed by atoms with E-state index in [1.807, 2.05) is 0 Å². The van der Waals surface area contributed by atoms with Gasteiger partial charge in [0.05, 0.1) is 6.10 Å². The molecule has 2 rings (SSSR count). The van der Waals surface area contributed by atoms with Crippen molar-refractivity contribution < 1.29 is 9.53 Å². The van der Waals surface area contributed by atoms with Gasteiger partial charge in [0.25, 0.3) is 0 Å². The van der Waals surface area contributed by atoms with Crippen molar-refractivity contribution in [3.63, 3.8) is 0 Å². The summed E-state index contributed by atoms with van der Waals surface area (Å²) in [6.45, 7) is 3.16. The molecule has 2 nitrogen and oxygen atoms in total. The van der Waals surface area contributed by atoms with E-state index in [9.17, 15) is 4.79 Å². The largest absolute Gasteiger partial charge is 0.378 e. The van der Waals surface area contributed by atoms with Crippen LogP contribution in [0.2, 0.25) is 0 Å². The van der Waals surface area contributed by atoms with Gasteiger partial charge in [-0.05, 0) is 38.0 Å². The van der Waals surface area contributed by atoms with Gasteiger partial charge < -0.3 is 4.74 Å². The first-order valence-corrected chi connectivity index (χ1v) is 7.44. The number of Topliss-reactive ketones (excluding diaryl/α,β-unsaturated/α-hetero) is 1. The average molecular weight is 238 g/mol. The number of carbonyl (C=O) groups excluding carboxylic acids is 1. The second-order valence-electron chi connectivity index (χ2n) is 5.78. The Morgan fingerprint density at radius 2 is 2.12 bits per heavy atom. The van der Waals surface area contributed by atoms with E-state index in [-0.39, 0.29) is 0 Å². The van der Waals surface area contributed by atoms with Crippen LogP contribution in [0.5, 0.6) is 0 Å². The van der Waals surface area contributed by atoms with Gasteiger partial charge in [0.2, 0.25) is 0 Å². The Morgan fingerprint density at radius 3 is 2.82 bits per heavy atom. The molecule has 0 radical (unpaired) electrons. The van der Waals surface area contributed by atoms with Gasteiger partial charge in [0, 0.05) is 18.9 Å². The van der Waals surface area contributed by atoms with Gasteiger partial charge in [-0.15, -0.1) is 0 Å². The van der Waals surface area contributed by atoms with Gasteiger partial charge in [-0.3, -0.25) is 4.79 Å². The van der Waals surface area contributed by atoms with Crippen LogP contribution in [-0.4, -0.2) is 18.5 Å². The van der Waals surface area contributed by atoms with Crippen molar-refractivity contribution in [2.75, 3.05) is 6.61 Å². The molecule has 98 valence electrons. The summed E-state index contributed by atoms with van der Waals surface area (Å²) in [7, 11) is 0. The van der Waals surface area contributed by atoms with E-state index in [1.165, 1.54) is 25.7 Å². The van der Waals surface area contributed by atoms with Crippen LogP contribution in [0, 0.1) is 11.8 Å². The molecule has 0 aromatic heterocycles. The molecule has 2 heteroatoms. The molecule has 1 aliphatic carbocycles. The molecule has 1 saturated heterocycles. The number of ketones is 1. The molecule has 3 atom stereocenters. The summed E-state index contributed by atoms with van der Waals surface area (Å²) in [4.78, 5) is 12.2. The molecule has 1 heterocycles. The Bertz CT molecular complexity index is 243. The Morgan fingerprint density at radius 1 is 1.24 bits per heavy atom. The molecule has 0 spiro atoms. The second-order valence-corrected chi connectivity index (χ2v) is 5.78. The van der Waals surface area contributed by atoms with Crippen LogP contribution >= 0.6 is 0 Å². The summed E-state index contributed by atoms with van der Waals surface area (Å²) >= 11 is 0. The quantitative estimate of drug-likeness (QED) is 0.729. The zero-order valence-corrected chi connectivity index (χ0v) is 11.1. The third-order valence-corrected chi connectivity index (χ3v) is 4.55. The zero-order chi connectivity index (χ0) is 12.1. The molecule has 17 heavy (non-hydrogen) atoms. The van der Waals surface area contributed by atoms with Crippen molar-refractivity contribution in [3.05, 3.63) is 0 Å². The first-order chi connectivity index (χ1) is 8.29. The molecule has 2 fully saturated rings. The van der Waals surface area contributed by atoms with Crippen molar-refractivity contribution in [1.29, 1.82) is 0 Å². The first kappa shape index (κ1) is 13.1. The molecule has 2 aliphatic rings. The third-order valence-electron chi connectivity index (χ3n) is 4.55. The van der Waals surface area contributed by atoms with Crippen LogP contribution in [-0.2, 0) is 9.53 Å². The van der Waals surface area contributed by atoms with Crippen LogP contribution in [0.25, 0.3) is 0 Å². The Balaban J connectivity index is 1.71. The fourth-order valence-electron chi connectivity index (χ4n) is 3.33. The van der Waals surface area contributed by atoms with Crippen molar-refractivity contribution in [2.24, 2.45) is 11.8 Å². The van der Waals surface area contributed by atoms with Crippen molar-refractivity contribution in [2.45, 2.75) is 70.8 Å². The normalized spacial score (nSPS) is 33.8. The van der Waals surface area contributed by atoms with E-state index in [0.717, 1.165) is 44.6 Å². The Hall–Kier alpha value is -0.370. The maximum atomic E-state index is 12.2. The summed E-state index contributed by atoms with van der Waals surface area (Å²) in [5, 5.41) is 0. The van der Waals surface area contributed by atoms with E-state index >= 15 is 0 Å². The minimum absolute atomic E-state index is 0.370. The molecule has 3 unspecified atom stereocenters. The van der Waals surface area contributed by atoms with Crippen LogP contribution in [0.4, 0.5) is 0 Å². The van der Waals surface area contributed by atoms with Crippen LogP contribution < -0.4 is 0 Å². The van der Waals surface area contributed by atoms with E-state index in [2.05, 4.69) is 6.92 Å². The Kier molecular flexibility index (Phi) is 5.02. The van der Waals surface area contributed by atoms with Gasteiger partial charge in [-0.1, -0.05) is 26.2 Å². The monoisotopic (exact) mass is 238 g/mol. The number of hydrogen-bond donors (Lipinski definition) is 0. The summed E-state index contributed by atoms with van der Waals surface area (Å²) in [5.74, 6) is 1.69. The number of hydrogen-bond acceptors (Lipinski definition) is 2. The molecular weight excluding hydrogens is 212 g/mol. The Labute approximate surface area is 105 Å². The van der Waals surface area contributed by atoms with Crippen molar-refractivity contribution in [3.8, 4) is 0 Å². The minimum atomic E-state index is 0.370. The minimum Gasteiger partial charge on any atom is -0.378 e. The lowest BCUT2D eigenvalue weighted by molar-refractivity contribution is -0.124. The predicted molar refractivity (Wildman–Crippen MR) is 69.0 cm³/mol. The molecule has 1 saturated carbocycles. The van der Waals surface area contributed by atoms with E-state index in [0.29, 0.717) is 17.8 Å². The van der Waals surface area contributed by atoms with Crippen molar-refractivity contribution in [1.82, 2.24) is 0 Å². The molecule has 0 amide bonds. The summed E-state index contributed by atoms with van der Waals surface area (Å²) in [6, 6.07) is 0. The van der Waals surface area contributed by atoms with Gasteiger partial charge in [0.15, 0.2) is 0 Å². The van der Waals surface area contributed by atoms with E-state index in [4.69, 9.17) is 4.74 Å². The topological polar surface area (TPSA) is 26.3 Å². The summed E-state index contributed by atoms with van der Waals surface area (Å²) in [6.07, 6.45) is 10.6. The molecule has 0 aromatic rings. The van der Waals surface area contributed by atoms with Crippen LogP contribution in [0.15, 0.2) is 0 Å². The standard InChI is InChI=1S/C15H26O2/c1-2-12-5-3-6-13(11-12)15(16)9-8-14-7-4-10-17-14/h12-14H,2-11H2,1H3. The van der Waals surface area contributed by atoms with Gasteiger partial charge in [-0.25, -0.2) is 0 Å². The van der Waals surface area contributed by atoms with E-state index in [1.54, 1.807) is 0 Å². The molecular formula is C15H26O2. The fraction of sp³-hybridized carbons (Fsp3) is 0.933. The number of carbonyl (C=O) groups is 1. The fourth-order valence-corrected chi connectivity index (χ4v) is 3.33. The van der Waals surface area contributed by atoms with Gasteiger partial charge in [-0.2, -0.15) is 0 Å². The maximum absolute atomic E-state index is 12.2. The lowest BCUT2D eigenvalue weighted by Gasteiger charge is -2.27. The second kappa shape index (κ2) is 6.53. The first-order valence-electron chi connectivity index (χ1n) is 7.44. The average Bonchev–Trinajstić information content (AvgIpc) is 2.89. The predicted octanol–water partition coefficient (Wildman–Crippen LogP) is 3.73. The number of rotatable bonds is 5. The smallest absolute Gasteiger partial charge is 0.136 e. The highest BCUT2D eigenvalue weighted by atomic mass is 16.5. The number of ether oxygens (including phenoxy) is 1. The summed E-state index contributed by atoms with van der Waals surface area (Å²) < 4.78 is 5.58. The molecule has 0 bridgehead atoms. The highest BCUT2D eigenvalue weighted by molar-refractivity contribution is 5.81.